The Hall–Kier alpha value is -1.44. The van der Waals surface area contributed by atoms with Crippen LogP contribution in [-0.2, 0) is 16.6 Å². The van der Waals surface area contributed by atoms with E-state index in [1.165, 1.54) is 0 Å². The normalized spacial score (nSPS) is 16.9. The summed E-state index contributed by atoms with van der Waals surface area (Å²) < 4.78 is 28.7. The fourth-order valence-electron chi connectivity index (χ4n) is 2.88. The highest BCUT2D eigenvalue weighted by atomic mass is 32.2. The molecule has 1 aromatic heterocycles. The van der Waals surface area contributed by atoms with Gasteiger partial charge in [-0.15, -0.1) is 0 Å². The lowest BCUT2D eigenvalue weighted by molar-refractivity contribution is 0.477. The number of aromatic nitrogens is 2. The van der Waals surface area contributed by atoms with E-state index in [1.807, 2.05) is 17.6 Å². The molecule has 21 heavy (non-hydrogen) atoms. The molecule has 1 aromatic carbocycles. The number of benzene rings is 1. The molecule has 0 radical (unpaired) electrons. The molecule has 114 valence electrons. The first-order valence-electron chi connectivity index (χ1n) is 7.21. The van der Waals surface area contributed by atoms with Crippen LogP contribution in [-0.4, -0.2) is 41.9 Å². The second kappa shape index (κ2) is 5.40. The van der Waals surface area contributed by atoms with E-state index >= 15 is 0 Å². The fraction of sp³-hybridized carbons (Fsp3) is 0.500. The Kier molecular flexibility index (Phi) is 3.73. The van der Waals surface area contributed by atoms with Gasteiger partial charge in [-0.2, -0.15) is 4.31 Å². The zero-order valence-electron chi connectivity index (χ0n) is 12.1. The largest absolute Gasteiger partial charge is 0.329 e. The zero-order chi connectivity index (χ0) is 15.0. The van der Waals surface area contributed by atoms with Gasteiger partial charge in [0.2, 0.25) is 10.0 Å². The summed E-state index contributed by atoms with van der Waals surface area (Å²) in [6.45, 7) is 4.34. The van der Waals surface area contributed by atoms with Crippen molar-refractivity contribution in [3.05, 3.63) is 24.0 Å². The number of nitrogens with zero attached hydrogens (tertiary/aromatic N) is 3. The van der Waals surface area contributed by atoms with Gasteiger partial charge in [0.1, 0.15) is 5.82 Å². The molecule has 1 saturated heterocycles. The van der Waals surface area contributed by atoms with E-state index in [-0.39, 0.29) is 0 Å². The number of hydrogen-bond donors (Lipinski definition) is 1. The minimum atomic E-state index is -3.39. The molecule has 0 unspecified atom stereocenters. The number of hydrogen-bond acceptors (Lipinski definition) is 4. The van der Waals surface area contributed by atoms with Gasteiger partial charge in [0, 0.05) is 26.2 Å². The van der Waals surface area contributed by atoms with Gasteiger partial charge in [-0.25, -0.2) is 13.4 Å². The van der Waals surface area contributed by atoms with Gasteiger partial charge in [-0.1, -0.05) is 0 Å². The molecule has 0 bridgehead atoms. The number of fused-ring (bicyclic) bond motifs is 1. The van der Waals surface area contributed by atoms with Crippen LogP contribution in [0.25, 0.3) is 11.0 Å². The van der Waals surface area contributed by atoms with E-state index in [0.717, 1.165) is 24.2 Å². The second-order valence-electron chi connectivity index (χ2n) is 5.36. The smallest absolute Gasteiger partial charge is 0.243 e. The van der Waals surface area contributed by atoms with Crippen LogP contribution in [0.1, 0.15) is 18.7 Å². The van der Waals surface area contributed by atoms with Crippen LogP contribution in [0.15, 0.2) is 23.1 Å². The maximum absolute atomic E-state index is 12.6. The average Bonchev–Trinajstić information content (AvgIpc) is 3.08. The number of aryl methyl sites for hydroxylation is 1. The van der Waals surface area contributed by atoms with Gasteiger partial charge in [0.05, 0.1) is 15.9 Å². The summed E-state index contributed by atoms with van der Waals surface area (Å²) >= 11 is 0. The summed E-state index contributed by atoms with van der Waals surface area (Å²) in [4.78, 5) is 4.78. The minimum absolute atomic E-state index is 0.328. The quantitative estimate of drug-likeness (QED) is 0.916. The van der Waals surface area contributed by atoms with Crippen molar-refractivity contribution >= 4 is 21.1 Å². The third-order valence-electron chi connectivity index (χ3n) is 3.97. The molecule has 7 heteroatoms. The molecule has 2 aromatic rings. The minimum Gasteiger partial charge on any atom is -0.329 e. The van der Waals surface area contributed by atoms with Crippen LogP contribution in [0.2, 0.25) is 0 Å². The summed E-state index contributed by atoms with van der Waals surface area (Å²) in [5.41, 5.74) is 7.25. The van der Waals surface area contributed by atoms with Gasteiger partial charge in [0.15, 0.2) is 0 Å². The Bertz CT molecular complexity index is 761. The van der Waals surface area contributed by atoms with Crippen molar-refractivity contribution in [2.75, 3.05) is 19.6 Å². The maximum atomic E-state index is 12.6. The van der Waals surface area contributed by atoms with Crippen molar-refractivity contribution in [2.45, 2.75) is 31.2 Å². The van der Waals surface area contributed by atoms with Gasteiger partial charge in [0.25, 0.3) is 0 Å². The Morgan fingerprint density at radius 1 is 1.29 bits per heavy atom. The Balaban J connectivity index is 2.05. The summed E-state index contributed by atoms with van der Waals surface area (Å²) in [5.74, 6) is 0.853. The van der Waals surface area contributed by atoms with Crippen molar-refractivity contribution in [1.82, 2.24) is 13.9 Å². The van der Waals surface area contributed by atoms with E-state index in [9.17, 15) is 8.42 Å². The molecule has 2 heterocycles. The van der Waals surface area contributed by atoms with Crippen LogP contribution in [0.3, 0.4) is 0 Å². The number of rotatable bonds is 4. The summed E-state index contributed by atoms with van der Waals surface area (Å²) in [6.07, 6.45) is 1.87. The van der Waals surface area contributed by atoms with Crippen LogP contribution >= 0.6 is 0 Å². The highest BCUT2D eigenvalue weighted by Gasteiger charge is 2.27. The summed E-state index contributed by atoms with van der Waals surface area (Å²) in [6, 6.07) is 5.17. The number of imidazole rings is 1. The molecule has 1 aliphatic heterocycles. The first-order valence-corrected chi connectivity index (χ1v) is 8.65. The van der Waals surface area contributed by atoms with Crippen molar-refractivity contribution in [2.24, 2.45) is 5.73 Å². The van der Waals surface area contributed by atoms with Crippen LogP contribution in [0.4, 0.5) is 0 Å². The van der Waals surface area contributed by atoms with E-state index in [2.05, 4.69) is 4.98 Å². The second-order valence-corrected chi connectivity index (χ2v) is 7.30. The number of sulfonamides is 1. The van der Waals surface area contributed by atoms with E-state index < -0.39 is 10.0 Å². The molecule has 0 saturated carbocycles. The third-order valence-corrected chi connectivity index (χ3v) is 5.86. The SMILES string of the molecule is Cc1nc2cc(S(=O)(=O)N3CCCC3)ccc2n1CCN. The van der Waals surface area contributed by atoms with Crippen molar-refractivity contribution in [1.29, 1.82) is 0 Å². The fourth-order valence-corrected chi connectivity index (χ4v) is 4.42. The number of nitrogens with two attached hydrogens (primary N) is 1. The predicted molar refractivity (Wildman–Crippen MR) is 81.5 cm³/mol. The molecule has 3 rings (SSSR count). The Labute approximate surface area is 124 Å². The van der Waals surface area contributed by atoms with Crippen LogP contribution in [0, 0.1) is 6.92 Å². The third kappa shape index (κ3) is 2.45. The van der Waals surface area contributed by atoms with E-state index in [1.54, 1.807) is 16.4 Å². The average molecular weight is 308 g/mol. The first-order chi connectivity index (χ1) is 10.0. The molecular weight excluding hydrogens is 288 g/mol. The topological polar surface area (TPSA) is 81.2 Å². The van der Waals surface area contributed by atoms with Crippen molar-refractivity contribution in [3.8, 4) is 0 Å². The lowest BCUT2D eigenvalue weighted by Crippen LogP contribution is -2.27. The van der Waals surface area contributed by atoms with E-state index in [0.29, 0.717) is 36.6 Å². The van der Waals surface area contributed by atoms with Crippen LogP contribution in [0.5, 0.6) is 0 Å². The van der Waals surface area contributed by atoms with Gasteiger partial charge >= 0.3 is 0 Å². The molecule has 0 aliphatic carbocycles. The highest BCUT2D eigenvalue weighted by molar-refractivity contribution is 7.89. The van der Waals surface area contributed by atoms with E-state index in [4.69, 9.17) is 5.73 Å². The molecular formula is C14H20N4O2S. The Morgan fingerprint density at radius 3 is 2.67 bits per heavy atom. The van der Waals surface area contributed by atoms with Gasteiger partial charge in [-0.05, 0) is 38.0 Å². The van der Waals surface area contributed by atoms with Crippen molar-refractivity contribution < 1.29 is 8.42 Å². The molecule has 2 N–H and O–H groups in total. The first kappa shape index (κ1) is 14.5. The lowest BCUT2D eigenvalue weighted by Gasteiger charge is -2.15. The molecule has 0 spiro atoms. The monoisotopic (exact) mass is 308 g/mol. The maximum Gasteiger partial charge on any atom is 0.243 e. The highest BCUT2D eigenvalue weighted by Crippen LogP contribution is 2.24. The molecule has 1 aliphatic rings. The van der Waals surface area contributed by atoms with Crippen molar-refractivity contribution in [3.63, 3.8) is 0 Å². The molecule has 6 nitrogen and oxygen atoms in total. The zero-order valence-corrected chi connectivity index (χ0v) is 12.9. The summed E-state index contributed by atoms with van der Waals surface area (Å²) in [5, 5.41) is 0. The van der Waals surface area contributed by atoms with Gasteiger partial charge < -0.3 is 10.3 Å². The van der Waals surface area contributed by atoms with Crippen LogP contribution < -0.4 is 5.73 Å². The standard InChI is InChI=1S/C14H20N4O2S/c1-11-16-13-10-12(4-5-14(13)18(11)9-6-15)21(19,20)17-7-2-3-8-17/h4-5,10H,2-3,6-9,15H2,1H3. The molecule has 0 atom stereocenters. The van der Waals surface area contributed by atoms with Gasteiger partial charge in [-0.3, -0.25) is 0 Å². The summed E-state index contributed by atoms with van der Waals surface area (Å²) in [7, 11) is -3.39. The molecule has 1 fully saturated rings. The molecule has 0 amide bonds. The predicted octanol–water partition coefficient (Wildman–Crippen LogP) is 1.09. The lowest BCUT2D eigenvalue weighted by atomic mass is 10.3. The Morgan fingerprint density at radius 2 is 2.00 bits per heavy atom.